The van der Waals surface area contributed by atoms with E-state index < -0.39 is 11.6 Å². The van der Waals surface area contributed by atoms with E-state index in [0.29, 0.717) is 18.3 Å². The van der Waals surface area contributed by atoms with Crippen LogP contribution in [-0.4, -0.2) is 40.1 Å². The monoisotopic (exact) mass is 342 g/mol. The van der Waals surface area contributed by atoms with E-state index in [1.54, 1.807) is 13.4 Å². The maximum atomic E-state index is 13.1. The predicted octanol–water partition coefficient (Wildman–Crippen LogP) is 2.32. The standard InChI is InChI=1S/C14H16F2N4O2S/c1-22-4-2-3-20-9-17-19-14(20)23-8-13(21)18-12-6-10(15)5-11(16)7-12/h5-7,9H,2-4,8H2,1H3,(H,18,21). The number of methoxy groups -OCH3 is 1. The minimum absolute atomic E-state index is 0.0567. The zero-order chi connectivity index (χ0) is 16.7. The lowest BCUT2D eigenvalue weighted by Crippen LogP contribution is -2.15. The fourth-order valence-corrected chi connectivity index (χ4v) is 2.58. The highest BCUT2D eigenvalue weighted by Crippen LogP contribution is 2.17. The van der Waals surface area contributed by atoms with Crippen molar-refractivity contribution in [3.8, 4) is 0 Å². The van der Waals surface area contributed by atoms with Crippen LogP contribution in [0, 0.1) is 11.6 Å². The molecule has 0 saturated carbocycles. The lowest BCUT2D eigenvalue weighted by atomic mass is 10.3. The van der Waals surface area contributed by atoms with E-state index in [1.165, 1.54) is 11.8 Å². The van der Waals surface area contributed by atoms with Gasteiger partial charge in [-0.15, -0.1) is 10.2 Å². The number of thioether (sulfide) groups is 1. The number of aromatic nitrogens is 3. The van der Waals surface area contributed by atoms with Gasteiger partial charge in [-0.05, 0) is 18.6 Å². The average molecular weight is 342 g/mol. The van der Waals surface area contributed by atoms with Crippen molar-refractivity contribution < 1.29 is 18.3 Å². The van der Waals surface area contributed by atoms with Crippen LogP contribution in [-0.2, 0) is 16.1 Å². The molecule has 0 spiro atoms. The number of nitrogens with one attached hydrogen (secondary N) is 1. The highest BCUT2D eigenvalue weighted by molar-refractivity contribution is 7.99. The SMILES string of the molecule is COCCCn1cnnc1SCC(=O)Nc1cc(F)cc(F)c1. The number of rotatable bonds is 8. The van der Waals surface area contributed by atoms with Crippen molar-refractivity contribution in [1.82, 2.24) is 14.8 Å². The molecule has 124 valence electrons. The van der Waals surface area contributed by atoms with Crippen LogP contribution < -0.4 is 5.32 Å². The lowest BCUT2D eigenvalue weighted by Gasteiger charge is -2.07. The van der Waals surface area contributed by atoms with Crippen molar-refractivity contribution in [1.29, 1.82) is 0 Å². The zero-order valence-electron chi connectivity index (χ0n) is 12.5. The molecule has 0 aliphatic carbocycles. The molecule has 0 fully saturated rings. The molecule has 0 unspecified atom stereocenters. The van der Waals surface area contributed by atoms with Crippen LogP contribution in [0.5, 0.6) is 0 Å². The van der Waals surface area contributed by atoms with Gasteiger partial charge >= 0.3 is 0 Å². The molecule has 9 heteroatoms. The van der Waals surface area contributed by atoms with Gasteiger partial charge < -0.3 is 14.6 Å². The van der Waals surface area contributed by atoms with Gasteiger partial charge in [-0.1, -0.05) is 11.8 Å². The molecule has 0 aliphatic heterocycles. The Labute approximate surface area is 136 Å². The van der Waals surface area contributed by atoms with Gasteiger partial charge in [-0.3, -0.25) is 4.79 Å². The Hall–Kier alpha value is -2.00. The van der Waals surface area contributed by atoms with Gasteiger partial charge in [0.15, 0.2) is 5.16 Å². The Morgan fingerprint density at radius 2 is 2.09 bits per heavy atom. The number of carbonyl (C=O) groups is 1. The number of benzene rings is 1. The lowest BCUT2D eigenvalue weighted by molar-refractivity contribution is -0.113. The largest absolute Gasteiger partial charge is 0.385 e. The summed E-state index contributed by atoms with van der Waals surface area (Å²) < 4.78 is 32.9. The first-order chi connectivity index (χ1) is 11.1. The molecule has 6 nitrogen and oxygen atoms in total. The van der Waals surface area contributed by atoms with E-state index in [4.69, 9.17) is 4.74 Å². The molecular weight excluding hydrogens is 326 g/mol. The van der Waals surface area contributed by atoms with Gasteiger partial charge in [0.05, 0.1) is 5.75 Å². The molecule has 1 aromatic heterocycles. The zero-order valence-corrected chi connectivity index (χ0v) is 13.3. The van der Waals surface area contributed by atoms with E-state index >= 15 is 0 Å². The van der Waals surface area contributed by atoms with Crippen LogP contribution in [0.15, 0.2) is 29.7 Å². The number of hydrogen-bond acceptors (Lipinski definition) is 5. The second-order valence-corrected chi connectivity index (χ2v) is 5.59. The summed E-state index contributed by atoms with van der Waals surface area (Å²) in [7, 11) is 1.63. The fourth-order valence-electron chi connectivity index (χ4n) is 1.84. The first-order valence-electron chi connectivity index (χ1n) is 6.84. The maximum Gasteiger partial charge on any atom is 0.234 e. The average Bonchev–Trinajstić information content (AvgIpc) is 2.92. The van der Waals surface area contributed by atoms with Crippen LogP contribution in [0.3, 0.4) is 0 Å². The molecule has 1 amide bonds. The van der Waals surface area contributed by atoms with Gasteiger partial charge in [0.1, 0.15) is 18.0 Å². The third-order valence-corrected chi connectivity index (χ3v) is 3.79. The summed E-state index contributed by atoms with van der Waals surface area (Å²) in [4.78, 5) is 11.8. The number of amides is 1. The van der Waals surface area contributed by atoms with Crippen LogP contribution in [0.1, 0.15) is 6.42 Å². The van der Waals surface area contributed by atoms with Crippen molar-refractivity contribution in [2.24, 2.45) is 0 Å². The Balaban J connectivity index is 1.86. The molecule has 0 saturated heterocycles. The van der Waals surface area contributed by atoms with E-state index in [-0.39, 0.29) is 17.3 Å². The maximum absolute atomic E-state index is 13.1. The highest BCUT2D eigenvalue weighted by Gasteiger charge is 2.10. The first-order valence-corrected chi connectivity index (χ1v) is 7.82. The van der Waals surface area contributed by atoms with Crippen molar-refractivity contribution in [3.63, 3.8) is 0 Å². The molecule has 0 atom stereocenters. The number of aryl methyl sites for hydroxylation is 1. The summed E-state index contributed by atoms with van der Waals surface area (Å²) in [6.45, 7) is 1.30. The van der Waals surface area contributed by atoms with E-state index in [0.717, 1.165) is 24.6 Å². The van der Waals surface area contributed by atoms with Gasteiger partial charge in [-0.2, -0.15) is 0 Å². The molecule has 23 heavy (non-hydrogen) atoms. The van der Waals surface area contributed by atoms with Crippen LogP contribution in [0.4, 0.5) is 14.5 Å². The number of ether oxygens (including phenoxy) is 1. The topological polar surface area (TPSA) is 69.0 Å². The molecule has 2 rings (SSSR count). The van der Waals surface area contributed by atoms with Gasteiger partial charge in [0.2, 0.25) is 5.91 Å². The number of carbonyl (C=O) groups excluding carboxylic acids is 1. The summed E-state index contributed by atoms with van der Waals surface area (Å²) in [5.41, 5.74) is 0.0784. The molecular formula is C14H16F2N4O2S. The summed E-state index contributed by atoms with van der Waals surface area (Å²) in [5, 5.41) is 10.8. The Morgan fingerprint density at radius 3 is 2.78 bits per heavy atom. The molecule has 1 N–H and O–H groups in total. The van der Waals surface area contributed by atoms with Crippen LogP contribution in [0.2, 0.25) is 0 Å². The van der Waals surface area contributed by atoms with Crippen molar-refractivity contribution in [3.05, 3.63) is 36.2 Å². The van der Waals surface area contributed by atoms with Gasteiger partial charge in [-0.25, -0.2) is 8.78 Å². The van der Waals surface area contributed by atoms with E-state index in [2.05, 4.69) is 15.5 Å². The summed E-state index contributed by atoms with van der Waals surface area (Å²) in [6, 6.07) is 2.85. The number of nitrogens with zero attached hydrogens (tertiary/aromatic N) is 3. The summed E-state index contributed by atoms with van der Waals surface area (Å²) in [5.74, 6) is -1.82. The predicted molar refractivity (Wildman–Crippen MR) is 82.2 cm³/mol. The Bertz CT molecular complexity index is 646. The smallest absolute Gasteiger partial charge is 0.234 e. The van der Waals surface area contributed by atoms with Crippen molar-refractivity contribution >= 4 is 23.4 Å². The van der Waals surface area contributed by atoms with Gasteiger partial charge in [0.25, 0.3) is 0 Å². The molecule has 1 heterocycles. The molecule has 1 aromatic carbocycles. The first kappa shape index (κ1) is 17.4. The van der Waals surface area contributed by atoms with Gasteiger partial charge in [0, 0.05) is 32.0 Å². The van der Waals surface area contributed by atoms with Crippen molar-refractivity contribution in [2.45, 2.75) is 18.1 Å². The quantitative estimate of drug-likeness (QED) is 0.589. The normalized spacial score (nSPS) is 10.7. The Morgan fingerprint density at radius 1 is 1.35 bits per heavy atom. The minimum atomic E-state index is -0.745. The fraction of sp³-hybridized carbons (Fsp3) is 0.357. The third-order valence-electron chi connectivity index (χ3n) is 2.81. The van der Waals surface area contributed by atoms with E-state index in [1.807, 2.05) is 4.57 Å². The minimum Gasteiger partial charge on any atom is -0.385 e. The van der Waals surface area contributed by atoms with Crippen molar-refractivity contribution in [2.75, 3.05) is 24.8 Å². The number of anilines is 1. The highest BCUT2D eigenvalue weighted by atomic mass is 32.2. The molecule has 0 aliphatic rings. The molecule has 0 radical (unpaired) electrons. The summed E-state index contributed by atoms with van der Waals surface area (Å²) in [6.07, 6.45) is 2.38. The second-order valence-electron chi connectivity index (χ2n) is 4.65. The molecule has 0 bridgehead atoms. The summed E-state index contributed by atoms with van der Waals surface area (Å²) >= 11 is 1.20. The number of hydrogen-bond donors (Lipinski definition) is 1. The Kier molecular flexibility index (Phi) is 6.48. The molecule has 2 aromatic rings. The van der Waals surface area contributed by atoms with E-state index in [9.17, 15) is 13.6 Å². The van der Waals surface area contributed by atoms with Crippen LogP contribution >= 0.6 is 11.8 Å². The van der Waals surface area contributed by atoms with Crippen LogP contribution in [0.25, 0.3) is 0 Å². The third kappa shape index (κ3) is 5.61. The second kappa shape index (κ2) is 8.59. The number of halogens is 2.